The van der Waals surface area contributed by atoms with E-state index in [2.05, 4.69) is 19.8 Å². The molecule has 0 saturated heterocycles. The van der Waals surface area contributed by atoms with Gasteiger partial charge in [0.05, 0.1) is 24.7 Å². The van der Waals surface area contributed by atoms with Gasteiger partial charge in [0.2, 0.25) is 5.76 Å². The van der Waals surface area contributed by atoms with E-state index >= 15 is 0 Å². The fourth-order valence-corrected chi connectivity index (χ4v) is 3.29. The molecular formula is C18H13FN4O4S. The lowest BCUT2D eigenvalue weighted by molar-refractivity contribution is 0.0563. The molecular weight excluding hydrogens is 387 g/mol. The molecule has 0 spiro atoms. The third-order valence-electron chi connectivity index (χ3n) is 3.89. The molecule has 0 aliphatic heterocycles. The van der Waals surface area contributed by atoms with Crippen molar-refractivity contribution >= 4 is 28.8 Å². The zero-order chi connectivity index (χ0) is 19.7. The topological polar surface area (TPSA) is 103 Å². The molecule has 3 aromatic heterocycles. The highest BCUT2D eigenvalue weighted by Gasteiger charge is 2.14. The Bertz CT molecular complexity index is 1210. The minimum absolute atomic E-state index is 0.101. The minimum atomic E-state index is -0.563. The number of furan rings is 1. The van der Waals surface area contributed by atoms with Crippen LogP contribution in [0, 0.1) is 5.82 Å². The SMILES string of the molecule is COC(=O)c1ccc(CSc2nc3c(cnn3-c3ccc(F)cc3)c(=O)[nH]2)o1. The number of carbonyl (C=O) groups is 1. The number of carbonyl (C=O) groups excluding carboxylic acids is 1. The van der Waals surface area contributed by atoms with E-state index in [0.717, 1.165) is 0 Å². The van der Waals surface area contributed by atoms with Crippen LogP contribution in [0.15, 0.2) is 57.0 Å². The molecule has 0 aliphatic rings. The summed E-state index contributed by atoms with van der Waals surface area (Å²) < 4.78 is 24.6. The zero-order valence-corrected chi connectivity index (χ0v) is 15.3. The molecule has 0 bridgehead atoms. The van der Waals surface area contributed by atoms with Gasteiger partial charge in [-0.15, -0.1) is 0 Å². The summed E-state index contributed by atoms with van der Waals surface area (Å²) in [4.78, 5) is 30.9. The van der Waals surface area contributed by atoms with E-state index in [0.29, 0.717) is 33.4 Å². The third kappa shape index (κ3) is 3.41. The Hall–Kier alpha value is -3.40. The average molecular weight is 400 g/mol. The van der Waals surface area contributed by atoms with Gasteiger partial charge in [-0.3, -0.25) is 4.79 Å². The van der Waals surface area contributed by atoms with E-state index in [4.69, 9.17) is 4.42 Å². The quantitative estimate of drug-likeness (QED) is 0.312. The van der Waals surface area contributed by atoms with Gasteiger partial charge >= 0.3 is 5.97 Å². The van der Waals surface area contributed by atoms with Crippen molar-refractivity contribution in [3.05, 3.63) is 70.3 Å². The van der Waals surface area contributed by atoms with Crippen LogP contribution in [0.25, 0.3) is 16.7 Å². The molecule has 0 fully saturated rings. The number of methoxy groups -OCH3 is 1. The highest BCUT2D eigenvalue weighted by atomic mass is 32.2. The van der Waals surface area contributed by atoms with Crippen LogP contribution in [0.2, 0.25) is 0 Å². The van der Waals surface area contributed by atoms with Crippen LogP contribution in [-0.2, 0) is 10.5 Å². The van der Waals surface area contributed by atoms with Crippen molar-refractivity contribution in [2.45, 2.75) is 10.9 Å². The van der Waals surface area contributed by atoms with E-state index in [9.17, 15) is 14.0 Å². The number of aromatic amines is 1. The first-order valence-corrected chi connectivity index (χ1v) is 9.07. The first kappa shape index (κ1) is 18.0. The van der Waals surface area contributed by atoms with Crippen LogP contribution in [0.4, 0.5) is 4.39 Å². The summed E-state index contributed by atoms with van der Waals surface area (Å²) in [7, 11) is 1.27. The van der Waals surface area contributed by atoms with Crippen LogP contribution in [0.3, 0.4) is 0 Å². The summed E-state index contributed by atoms with van der Waals surface area (Å²) in [6.45, 7) is 0. The first-order chi connectivity index (χ1) is 13.5. The summed E-state index contributed by atoms with van der Waals surface area (Å²) in [5.74, 6) is 0.0415. The molecule has 1 aromatic carbocycles. The number of benzene rings is 1. The van der Waals surface area contributed by atoms with Gasteiger partial charge in [-0.2, -0.15) is 5.10 Å². The predicted molar refractivity (Wildman–Crippen MR) is 99.1 cm³/mol. The van der Waals surface area contributed by atoms with Gasteiger partial charge < -0.3 is 14.1 Å². The Morgan fingerprint density at radius 2 is 2.07 bits per heavy atom. The number of hydrogen-bond acceptors (Lipinski definition) is 7. The number of nitrogens with one attached hydrogen (secondary N) is 1. The monoisotopic (exact) mass is 400 g/mol. The van der Waals surface area contributed by atoms with Crippen molar-refractivity contribution in [2.75, 3.05) is 7.11 Å². The van der Waals surface area contributed by atoms with Gasteiger partial charge in [-0.1, -0.05) is 11.8 Å². The van der Waals surface area contributed by atoms with Crippen molar-refractivity contribution in [3.8, 4) is 5.69 Å². The molecule has 0 aliphatic carbocycles. The fraction of sp³-hybridized carbons (Fsp3) is 0.111. The summed E-state index contributed by atoms with van der Waals surface area (Å²) in [5, 5.41) is 4.86. The third-order valence-corrected chi connectivity index (χ3v) is 4.78. The van der Waals surface area contributed by atoms with Crippen molar-refractivity contribution in [1.82, 2.24) is 19.7 Å². The molecule has 142 valence electrons. The summed E-state index contributed by atoms with van der Waals surface area (Å²) in [6, 6.07) is 8.88. The van der Waals surface area contributed by atoms with Crippen LogP contribution in [0.1, 0.15) is 16.3 Å². The van der Waals surface area contributed by atoms with Crippen LogP contribution >= 0.6 is 11.8 Å². The van der Waals surface area contributed by atoms with E-state index in [1.54, 1.807) is 18.2 Å². The maximum atomic E-state index is 13.2. The normalized spacial score (nSPS) is 11.1. The summed E-state index contributed by atoms with van der Waals surface area (Å²) in [6.07, 6.45) is 1.41. The number of thioether (sulfide) groups is 1. The molecule has 1 N–H and O–H groups in total. The molecule has 0 amide bonds. The van der Waals surface area contributed by atoms with Crippen LogP contribution in [0.5, 0.6) is 0 Å². The second-order valence-electron chi connectivity index (χ2n) is 5.69. The van der Waals surface area contributed by atoms with Gasteiger partial charge in [0.15, 0.2) is 10.8 Å². The highest BCUT2D eigenvalue weighted by Crippen LogP contribution is 2.22. The van der Waals surface area contributed by atoms with E-state index in [1.165, 1.54) is 47.9 Å². The van der Waals surface area contributed by atoms with E-state index < -0.39 is 5.97 Å². The van der Waals surface area contributed by atoms with Gasteiger partial charge in [-0.05, 0) is 36.4 Å². The van der Waals surface area contributed by atoms with Gasteiger partial charge in [0.25, 0.3) is 5.56 Å². The lowest BCUT2D eigenvalue weighted by atomic mass is 10.3. The predicted octanol–water partition coefficient (Wildman–Crippen LogP) is 2.92. The highest BCUT2D eigenvalue weighted by molar-refractivity contribution is 7.98. The number of hydrogen-bond donors (Lipinski definition) is 1. The number of rotatable bonds is 5. The Labute approximate surface area is 161 Å². The molecule has 8 nitrogen and oxygen atoms in total. The number of H-pyrrole nitrogens is 1. The molecule has 10 heteroatoms. The molecule has 4 aromatic rings. The van der Waals surface area contributed by atoms with Gasteiger partial charge in [0, 0.05) is 0 Å². The lowest BCUT2D eigenvalue weighted by Crippen LogP contribution is -2.09. The molecule has 0 unspecified atom stereocenters. The summed E-state index contributed by atoms with van der Waals surface area (Å²) in [5.41, 5.74) is 0.599. The van der Waals surface area contributed by atoms with Gasteiger partial charge in [0.1, 0.15) is 17.0 Å². The Kier molecular flexibility index (Phi) is 4.70. The van der Waals surface area contributed by atoms with Crippen molar-refractivity contribution in [1.29, 1.82) is 0 Å². The minimum Gasteiger partial charge on any atom is -0.463 e. The van der Waals surface area contributed by atoms with Crippen LogP contribution < -0.4 is 5.56 Å². The first-order valence-electron chi connectivity index (χ1n) is 8.09. The summed E-state index contributed by atoms with van der Waals surface area (Å²) >= 11 is 1.23. The number of ether oxygens (including phenoxy) is 1. The molecule has 4 rings (SSSR count). The Morgan fingerprint density at radius 3 is 2.82 bits per heavy atom. The number of halogens is 1. The van der Waals surface area contributed by atoms with Crippen molar-refractivity contribution in [3.63, 3.8) is 0 Å². The number of esters is 1. The van der Waals surface area contributed by atoms with Gasteiger partial charge in [-0.25, -0.2) is 18.9 Å². The molecule has 3 heterocycles. The molecule has 0 atom stereocenters. The molecule has 28 heavy (non-hydrogen) atoms. The maximum Gasteiger partial charge on any atom is 0.373 e. The maximum absolute atomic E-state index is 13.2. The molecule has 0 radical (unpaired) electrons. The smallest absolute Gasteiger partial charge is 0.373 e. The lowest BCUT2D eigenvalue weighted by Gasteiger charge is -2.04. The fourth-order valence-electron chi connectivity index (χ4n) is 2.54. The molecule has 0 saturated carbocycles. The van der Waals surface area contributed by atoms with Crippen molar-refractivity contribution in [2.24, 2.45) is 0 Å². The number of fused-ring (bicyclic) bond motifs is 1. The van der Waals surface area contributed by atoms with Crippen molar-refractivity contribution < 1.29 is 18.3 Å². The standard InChI is InChI=1S/C18H13FN4O4S/c1-26-17(25)14-7-6-12(27-14)9-28-18-21-15-13(16(24)22-18)8-20-23(15)11-4-2-10(19)3-5-11/h2-8H,9H2,1H3,(H,21,22,24). The zero-order valence-electron chi connectivity index (χ0n) is 14.5. The largest absolute Gasteiger partial charge is 0.463 e. The second-order valence-corrected chi connectivity index (χ2v) is 6.65. The average Bonchev–Trinajstić information content (AvgIpc) is 3.34. The second kappa shape index (κ2) is 7.31. The van der Waals surface area contributed by atoms with Crippen LogP contribution in [-0.4, -0.2) is 32.8 Å². The number of aromatic nitrogens is 4. The Balaban J connectivity index is 1.62. The van der Waals surface area contributed by atoms with E-state index in [1.807, 2.05) is 0 Å². The van der Waals surface area contributed by atoms with E-state index in [-0.39, 0.29) is 17.1 Å². The Morgan fingerprint density at radius 1 is 1.29 bits per heavy atom. The number of nitrogens with zero attached hydrogens (tertiary/aromatic N) is 3.